The zero-order valence-electron chi connectivity index (χ0n) is 18.2. The third-order valence-electron chi connectivity index (χ3n) is 4.91. The third kappa shape index (κ3) is 5.33. The van der Waals surface area contributed by atoms with E-state index in [1.165, 1.54) is 7.11 Å². The predicted molar refractivity (Wildman–Crippen MR) is 116 cm³/mol. The van der Waals surface area contributed by atoms with Crippen molar-refractivity contribution >= 4 is 23.6 Å². The number of benzene rings is 1. The van der Waals surface area contributed by atoms with E-state index in [9.17, 15) is 14.4 Å². The van der Waals surface area contributed by atoms with E-state index in [1.54, 1.807) is 24.3 Å². The zero-order chi connectivity index (χ0) is 23.1. The van der Waals surface area contributed by atoms with Gasteiger partial charge in [-0.3, -0.25) is 20.2 Å². The maximum absolute atomic E-state index is 12.5. The van der Waals surface area contributed by atoms with Gasteiger partial charge in [-0.2, -0.15) is 5.10 Å². The average Bonchev–Trinajstić information content (AvgIpc) is 2.78. The molecular formula is C22H26N4O6. The largest absolute Gasteiger partial charge is 0.467 e. The summed E-state index contributed by atoms with van der Waals surface area (Å²) < 4.78 is 16.6. The molecule has 2 N–H and O–H groups in total. The van der Waals surface area contributed by atoms with Gasteiger partial charge in [-0.25, -0.2) is 4.79 Å². The van der Waals surface area contributed by atoms with Gasteiger partial charge in [0.2, 0.25) is 0 Å². The van der Waals surface area contributed by atoms with Crippen LogP contribution in [0, 0.1) is 0 Å². The molecule has 1 saturated heterocycles. The highest BCUT2D eigenvalue weighted by atomic mass is 16.5. The molecule has 0 atom stereocenters. The number of hydrogen-bond acceptors (Lipinski definition) is 8. The zero-order valence-corrected chi connectivity index (χ0v) is 18.2. The maximum Gasteiger partial charge on any atom is 0.328 e. The van der Waals surface area contributed by atoms with Gasteiger partial charge in [0.1, 0.15) is 17.3 Å². The molecule has 1 aliphatic heterocycles. The fourth-order valence-corrected chi connectivity index (χ4v) is 3.03. The number of urea groups is 1. The second kappa shape index (κ2) is 10.1. The van der Waals surface area contributed by atoms with E-state index in [2.05, 4.69) is 15.7 Å². The number of nitrogens with one attached hydrogen (secondary N) is 2. The first-order valence-electron chi connectivity index (χ1n) is 10.2. The van der Waals surface area contributed by atoms with Crippen LogP contribution in [0.25, 0.3) is 0 Å². The van der Waals surface area contributed by atoms with Crippen molar-refractivity contribution in [3.8, 4) is 11.5 Å². The van der Waals surface area contributed by atoms with Gasteiger partial charge in [0.25, 0.3) is 17.4 Å². The van der Waals surface area contributed by atoms with Gasteiger partial charge in [0.05, 0.1) is 12.3 Å². The lowest BCUT2D eigenvalue weighted by Gasteiger charge is -2.34. The molecule has 0 spiro atoms. The van der Waals surface area contributed by atoms with Gasteiger partial charge in [0.15, 0.2) is 0 Å². The molecule has 4 amide bonds. The number of hydrogen-bond donors (Lipinski definition) is 2. The summed E-state index contributed by atoms with van der Waals surface area (Å²) in [4.78, 5) is 36.4. The minimum absolute atomic E-state index is 0.0680. The second-order valence-electron chi connectivity index (χ2n) is 7.19. The topological polar surface area (TPSA) is 119 Å². The summed E-state index contributed by atoms with van der Waals surface area (Å²) in [5, 5.41) is 10.5. The number of carbonyl (C=O) groups is 3. The normalized spacial score (nSPS) is 18.7. The molecule has 0 bridgehead atoms. The number of carbonyl (C=O) groups excluding carboxylic acids is 3. The first-order valence-corrected chi connectivity index (χ1v) is 10.2. The van der Waals surface area contributed by atoms with Crippen molar-refractivity contribution in [3.05, 3.63) is 48.3 Å². The lowest BCUT2D eigenvalue weighted by Crippen LogP contribution is -2.69. The number of amides is 4. The van der Waals surface area contributed by atoms with Gasteiger partial charge in [-0.15, -0.1) is 0 Å². The van der Waals surface area contributed by atoms with Crippen LogP contribution >= 0.6 is 0 Å². The minimum atomic E-state index is -1.91. The molecular weight excluding hydrogens is 416 g/mol. The highest BCUT2D eigenvalue weighted by Gasteiger charge is 2.52. The first kappa shape index (κ1) is 23.0. The Balaban J connectivity index is 1.68. The summed E-state index contributed by atoms with van der Waals surface area (Å²) in [6.07, 6.45) is 6.26. The quantitative estimate of drug-likeness (QED) is 0.442. The Bertz CT molecular complexity index is 947. The Morgan fingerprint density at radius 3 is 2.28 bits per heavy atom. The number of allylic oxidation sites excluding steroid dienone is 3. The summed E-state index contributed by atoms with van der Waals surface area (Å²) in [6.45, 7) is 2.93. The van der Waals surface area contributed by atoms with E-state index in [1.807, 2.05) is 37.2 Å². The number of barbiturate groups is 1. The van der Waals surface area contributed by atoms with Gasteiger partial charge in [-0.1, -0.05) is 0 Å². The van der Waals surface area contributed by atoms with Crippen molar-refractivity contribution in [1.29, 1.82) is 0 Å². The van der Waals surface area contributed by atoms with E-state index < -0.39 is 23.4 Å². The predicted octanol–water partition coefficient (Wildman–Crippen LogP) is 1.74. The summed E-state index contributed by atoms with van der Waals surface area (Å²) in [5.74, 6) is -0.186. The molecule has 0 radical (unpaired) electrons. The number of methoxy groups -OCH3 is 1. The van der Waals surface area contributed by atoms with E-state index in [-0.39, 0.29) is 18.8 Å². The number of ether oxygens (including phenoxy) is 3. The molecule has 0 saturated carbocycles. The van der Waals surface area contributed by atoms with Crippen molar-refractivity contribution in [2.45, 2.75) is 25.4 Å². The van der Waals surface area contributed by atoms with Crippen LogP contribution < -0.4 is 20.1 Å². The Labute approximate surface area is 185 Å². The Morgan fingerprint density at radius 2 is 1.72 bits per heavy atom. The fourth-order valence-electron chi connectivity index (χ4n) is 3.03. The monoisotopic (exact) mass is 442 g/mol. The third-order valence-corrected chi connectivity index (χ3v) is 4.91. The SMILES string of the molecule is CCN(C)/N=C1/C=CC(Oc2ccc(OC3(CCOC)C(=O)NC(=O)NC3=O)cc2)=CC1. The van der Waals surface area contributed by atoms with Crippen molar-refractivity contribution in [1.82, 2.24) is 15.6 Å². The van der Waals surface area contributed by atoms with Crippen LogP contribution in [0.15, 0.2) is 53.4 Å². The first-order chi connectivity index (χ1) is 15.4. The number of rotatable bonds is 9. The molecule has 2 aliphatic rings. The number of hydrazone groups is 1. The molecule has 3 rings (SSSR count). The molecule has 170 valence electrons. The van der Waals surface area contributed by atoms with Crippen LogP contribution in [-0.2, 0) is 14.3 Å². The van der Waals surface area contributed by atoms with Crippen LogP contribution in [0.4, 0.5) is 4.79 Å². The van der Waals surface area contributed by atoms with Crippen LogP contribution in [-0.4, -0.2) is 61.5 Å². The maximum atomic E-state index is 12.5. The average molecular weight is 442 g/mol. The Hall–Kier alpha value is -3.66. The van der Waals surface area contributed by atoms with Crippen LogP contribution in [0.2, 0.25) is 0 Å². The van der Waals surface area contributed by atoms with Gasteiger partial charge in [-0.05, 0) is 49.4 Å². The highest BCUT2D eigenvalue weighted by Crippen LogP contribution is 2.27. The van der Waals surface area contributed by atoms with Crippen molar-refractivity contribution in [2.24, 2.45) is 5.10 Å². The summed E-state index contributed by atoms with van der Waals surface area (Å²) in [7, 11) is 3.35. The van der Waals surface area contributed by atoms with E-state index in [0.29, 0.717) is 17.9 Å². The molecule has 0 aromatic heterocycles. The fraction of sp³-hybridized carbons (Fsp3) is 0.364. The van der Waals surface area contributed by atoms with Crippen molar-refractivity contribution in [2.75, 3.05) is 27.3 Å². The molecule has 1 aliphatic carbocycles. The lowest BCUT2D eigenvalue weighted by atomic mass is 9.95. The lowest BCUT2D eigenvalue weighted by molar-refractivity contribution is -0.153. The molecule has 1 heterocycles. The molecule has 1 aromatic carbocycles. The van der Waals surface area contributed by atoms with Gasteiger partial charge in [0, 0.05) is 33.5 Å². The standard InChI is InChI=1S/C22H26N4O6/c1-4-26(2)25-15-5-7-16(8-6-15)31-17-9-11-18(12-10-17)32-22(13-14-30-3)19(27)23-21(29)24-20(22)28/h5,7-12H,4,6,13-14H2,1-3H3,(H2,23,24,27,28,29)/b25-15-. The molecule has 1 fully saturated rings. The smallest absolute Gasteiger partial charge is 0.328 e. The minimum Gasteiger partial charge on any atom is -0.467 e. The van der Waals surface area contributed by atoms with E-state index >= 15 is 0 Å². The van der Waals surface area contributed by atoms with Crippen LogP contribution in [0.5, 0.6) is 11.5 Å². The second-order valence-corrected chi connectivity index (χ2v) is 7.19. The summed E-state index contributed by atoms with van der Waals surface area (Å²) >= 11 is 0. The van der Waals surface area contributed by atoms with E-state index in [4.69, 9.17) is 14.2 Å². The number of imide groups is 2. The Kier molecular flexibility index (Phi) is 7.26. The Morgan fingerprint density at radius 1 is 1.06 bits per heavy atom. The van der Waals surface area contributed by atoms with Crippen molar-refractivity contribution in [3.63, 3.8) is 0 Å². The van der Waals surface area contributed by atoms with Crippen LogP contribution in [0.1, 0.15) is 19.8 Å². The molecule has 1 aromatic rings. The molecule has 10 nitrogen and oxygen atoms in total. The van der Waals surface area contributed by atoms with Crippen LogP contribution in [0.3, 0.4) is 0 Å². The van der Waals surface area contributed by atoms with Gasteiger partial charge < -0.3 is 19.2 Å². The van der Waals surface area contributed by atoms with Gasteiger partial charge >= 0.3 is 6.03 Å². The molecule has 0 unspecified atom stereocenters. The van der Waals surface area contributed by atoms with Crippen molar-refractivity contribution < 1.29 is 28.6 Å². The molecule has 10 heteroatoms. The van der Waals surface area contributed by atoms with E-state index in [0.717, 1.165) is 12.3 Å². The summed E-state index contributed by atoms with van der Waals surface area (Å²) in [6, 6.07) is 5.59. The summed E-state index contributed by atoms with van der Waals surface area (Å²) in [5.41, 5.74) is -0.975. The molecule has 32 heavy (non-hydrogen) atoms. The number of nitrogens with zero attached hydrogens (tertiary/aromatic N) is 2. The highest BCUT2D eigenvalue weighted by molar-refractivity contribution is 6.21.